The molecule has 0 aliphatic carbocycles. The van der Waals surface area contributed by atoms with E-state index in [1.165, 1.54) is 12.1 Å². The smallest absolute Gasteiger partial charge is 0.214 e. The van der Waals surface area contributed by atoms with E-state index in [9.17, 15) is 12.8 Å². The van der Waals surface area contributed by atoms with E-state index >= 15 is 0 Å². The molecule has 0 aliphatic heterocycles. The molecule has 0 amide bonds. The van der Waals surface area contributed by atoms with Gasteiger partial charge in [0, 0.05) is 12.1 Å². The van der Waals surface area contributed by atoms with Crippen LogP contribution in [0.5, 0.6) is 0 Å². The van der Waals surface area contributed by atoms with Crippen molar-refractivity contribution < 1.29 is 17.5 Å². The maximum atomic E-state index is 13.6. The van der Waals surface area contributed by atoms with Gasteiger partial charge in [-0.3, -0.25) is 0 Å². The molecule has 1 aromatic rings. The Morgan fingerprint density at radius 1 is 1.45 bits per heavy atom. The molecule has 0 bridgehead atoms. The van der Waals surface area contributed by atoms with E-state index in [0.29, 0.717) is 0 Å². The molecule has 0 saturated carbocycles. The summed E-state index contributed by atoms with van der Waals surface area (Å²) in [6.45, 7) is 3.56. The lowest BCUT2D eigenvalue weighted by Gasteiger charge is -2.09. The van der Waals surface area contributed by atoms with Crippen LogP contribution in [0.2, 0.25) is 0 Å². The summed E-state index contributed by atoms with van der Waals surface area (Å²) in [6.07, 6.45) is -0.0406. The van der Waals surface area contributed by atoms with Crippen LogP contribution in [0.4, 0.5) is 4.39 Å². The van der Waals surface area contributed by atoms with E-state index in [2.05, 4.69) is 4.72 Å². The molecule has 20 heavy (non-hydrogen) atoms. The van der Waals surface area contributed by atoms with Crippen molar-refractivity contribution in [2.24, 2.45) is 0 Å². The second-order valence-corrected chi connectivity index (χ2v) is 6.40. The van der Waals surface area contributed by atoms with Crippen molar-refractivity contribution >= 4 is 10.0 Å². The van der Waals surface area contributed by atoms with Gasteiger partial charge in [0.25, 0.3) is 0 Å². The highest BCUT2D eigenvalue weighted by molar-refractivity contribution is 7.89. The summed E-state index contributed by atoms with van der Waals surface area (Å²) >= 11 is 0. The van der Waals surface area contributed by atoms with Crippen LogP contribution in [0.15, 0.2) is 18.2 Å². The summed E-state index contributed by atoms with van der Waals surface area (Å²) in [7, 11) is -3.51. The number of sulfonamides is 1. The summed E-state index contributed by atoms with van der Waals surface area (Å²) in [5, 5.41) is 8.61. The normalized spacial score (nSPS) is 11.6. The molecule has 0 radical (unpaired) electrons. The number of benzene rings is 1. The molecule has 0 heterocycles. The van der Waals surface area contributed by atoms with Crippen molar-refractivity contribution in [2.75, 3.05) is 12.4 Å². The summed E-state index contributed by atoms with van der Waals surface area (Å²) in [5.74, 6) is -0.784. The molecule has 1 rings (SSSR count). The van der Waals surface area contributed by atoms with E-state index in [-0.39, 0.29) is 36.1 Å². The highest BCUT2D eigenvalue weighted by Crippen LogP contribution is 2.10. The third kappa shape index (κ3) is 5.65. The van der Waals surface area contributed by atoms with Crippen LogP contribution in [0, 0.1) is 17.1 Å². The largest absolute Gasteiger partial charge is 0.378 e. The molecule has 0 unspecified atom stereocenters. The van der Waals surface area contributed by atoms with Gasteiger partial charge in [-0.25, -0.2) is 17.5 Å². The fraction of sp³-hybridized carbons (Fsp3) is 0.462. The maximum absolute atomic E-state index is 13.6. The third-order valence-corrected chi connectivity index (χ3v) is 3.76. The minimum Gasteiger partial charge on any atom is -0.378 e. The average Bonchev–Trinajstić information content (AvgIpc) is 2.36. The predicted molar refractivity (Wildman–Crippen MR) is 72.8 cm³/mol. The fourth-order valence-electron chi connectivity index (χ4n) is 1.41. The lowest BCUT2D eigenvalue weighted by molar-refractivity contribution is 0.0911. The SMILES string of the molecule is CC(C)OCCS(=O)(=O)NCc1ccc(C#N)cc1F. The summed E-state index contributed by atoms with van der Waals surface area (Å²) in [4.78, 5) is 0. The van der Waals surface area contributed by atoms with Crippen LogP contribution < -0.4 is 4.72 Å². The van der Waals surface area contributed by atoms with E-state index in [4.69, 9.17) is 10.00 Å². The van der Waals surface area contributed by atoms with E-state index in [1.807, 2.05) is 19.9 Å². The molecule has 0 aromatic heterocycles. The van der Waals surface area contributed by atoms with Crippen LogP contribution >= 0.6 is 0 Å². The molecule has 0 fully saturated rings. The van der Waals surface area contributed by atoms with Crippen molar-refractivity contribution in [3.8, 4) is 6.07 Å². The first-order valence-corrected chi connectivity index (χ1v) is 7.77. The van der Waals surface area contributed by atoms with Crippen molar-refractivity contribution in [3.05, 3.63) is 35.1 Å². The van der Waals surface area contributed by atoms with Crippen molar-refractivity contribution in [1.82, 2.24) is 4.72 Å². The molecule has 110 valence electrons. The van der Waals surface area contributed by atoms with Crippen LogP contribution in [-0.4, -0.2) is 26.9 Å². The fourth-order valence-corrected chi connectivity index (χ4v) is 2.25. The van der Waals surface area contributed by atoms with Crippen molar-refractivity contribution in [2.45, 2.75) is 26.5 Å². The van der Waals surface area contributed by atoms with Crippen molar-refractivity contribution in [1.29, 1.82) is 5.26 Å². The van der Waals surface area contributed by atoms with Gasteiger partial charge in [0.1, 0.15) is 5.82 Å². The Morgan fingerprint density at radius 3 is 2.70 bits per heavy atom. The molecular formula is C13H17FN2O3S. The van der Waals surface area contributed by atoms with Gasteiger partial charge < -0.3 is 4.74 Å². The monoisotopic (exact) mass is 300 g/mol. The number of halogens is 1. The minimum atomic E-state index is -3.51. The van der Waals surface area contributed by atoms with Gasteiger partial charge in [-0.2, -0.15) is 5.26 Å². The standard InChI is InChI=1S/C13H17FN2O3S/c1-10(2)19-5-6-20(17,18)16-9-12-4-3-11(8-15)7-13(12)14/h3-4,7,10,16H,5-6,9H2,1-2H3. The van der Waals surface area contributed by atoms with Crippen LogP contribution in [0.1, 0.15) is 25.0 Å². The highest BCUT2D eigenvalue weighted by Gasteiger charge is 2.12. The quantitative estimate of drug-likeness (QED) is 0.828. The summed E-state index contributed by atoms with van der Waals surface area (Å²) in [6, 6.07) is 5.71. The Balaban J connectivity index is 2.56. The molecule has 0 saturated heterocycles. The third-order valence-electron chi connectivity index (χ3n) is 2.47. The van der Waals surface area contributed by atoms with Gasteiger partial charge in [0.05, 0.1) is 30.1 Å². The Morgan fingerprint density at radius 2 is 2.15 bits per heavy atom. The van der Waals surface area contributed by atoms with Gasteiger partial charge in [0.15, 0.2) is 0 Å². The molecule has 1 N–H and O–H groups in total. The van der Waals surface area contributed by atoms with Crippen molar-refractivity contribution in [3.63, 3.8) is 0 Å². The highest BCUT2D eigenvalue weighted by atomic mass is 32.2. The van der Waals surface area contributed by atoms with E-state index in [1.54, 1.807) is 0 Å². The first-order chi connectivity index (χ1) is 9.34. The van der Waals surface area contributed by atoms with E-state index < -0.39 is 15.8 Å². The molecule has 0 aliphatic rings. The molecule has 5 nitrogen and oxygen atoms in total. The zero-order valence-electron chi connectivity index (χ0n) is 11.4. The Kier molecular flexibility index (Phi) is 6.07. The zero-order chi connectivity index (χ0) is 15.2. The Hall–Kier alpha value is -1.49. The topological polar surface area (TPSA) is 79.2 Å². The lowest BCUT2D eigenvalue weighted by Crippen LogP contribution is -2.29. The average molecular weight is 300 g/mol. The second kappa shape index (κ2) is 7.33. The van der Waals surface area contributed by atoms with Gasteiger partial charge in [0.2, 0.25) is 10.0 Å². The van der Waals surface area contributed by atoms with E-state index in [0.717, 1.165) is 6.07 Å². The summed E-state index contributed by atoms with van der Waals surface area (Å²) < 4.78 is 44.3. The van der Waals surface area contributed by atoms with Gasteiger partial charge in [-0.05, 0) is 26.0 Å². The number of hydrogen-bond acceptors (Lipinski definition) is 4. The Labute approximate surface area is 118 Å². The second-order valence-electron chi connectivity index (χ2n) is 4.48. The van der Waals surface area contributed by atoms with Crippen LogP contribution in [0.25, 0.3) is 0 Å². The van der Waals surface area contributed by atoms with Gasteiger partial charge >= 0.3 is 0 Å². The first-order valence-electron chi connectivity index (χ1n) is 6.11. The predicted octanol–water partition coefficient (Wildman–Crippen LogP) is 1.54. The lowest BCUT2D eigenvalue weighted by atomic mass is 10.1. The maximum Gasteiger partial charge on any atom is 0.214 e. The number of nitriles is 1. The number of nitrogens with one attached hydrogen (secondary N) is 1. The molecule has 7 heteroatoms. The molecule has 0 spiro atoms. The van der Waals surface area contributed by atoms with Gasteiger partial charge in [-0.1, -0.05) is 6.07 Å². The van der Waals surface area contributed by atoms with Gasteiger partial charge in [-0.15, -0.1) is 0 Å². The van der Waals surface area contributed by atoms with Crippen LogP contribution in [-0.2, 0) is 21.3 Å². The minimum absolute atomic E-state index is 0.0406. The molecular weight excluding hydrogens is 283 g/mol. The Bertz CT molecular complexity index is 594. The van der Waals surface area contributed by atoms with Crippen LogP contribution in [0.3, 0.4) is 0 Å². The number of rotatable bonds is 7. The molecule has 0 atom stereocenters. The number of hydrogen-bond donors (Lipinski definition) is 1. The number of ether oxygens (including phenoxy) is 1. The number of nitrogens with zero attached hydrogens (tertiary/aromatic N) is 1. The first kappa shape index (κ1) is 16.6. The molecule has 1 aromatic carbocycles. The summed E-state index contributed by atoms with van der Waals surface area (Å²) in [5.41, 5.74) is 0.386. The zero-order valence-corrected chi connectivity index (χ0v) is 12.2.